The van der Waals surface area contributed by atoms with Crippen molar-refractivity contribution < 1.29 is 14.3 Å². The Morgan fingerprint density at radius 3 is 3.16 bits per heavy atom. The maximum absolute atomic E-state index is 11.3. The molecule has 19 heavy (non-hydrogen) atoms. The number of carbonyl (C=O) groups excluding carboxylic acids is 1. The van der Waals surface area contributed by atoms with Crippen LogP contribution in [0.15, 0.2) is 18.2 Å². The molecule has 1 unspecified atom stereocenters. The van der Waals surface area contributed by atoms with Crippen LogP contribution in [0.5, 0.6) is 5.75 Å². The van der Waals surface area contributed by atoms with Crippen molar-refractivity contribution in [1.29, 1.82) is 0 Å². The van der Waals surface area contributed by atoms with Crippen molar-refractivity contribution in [2.75, 3.05) is 25.1 Å². The quantitative estimate of drug-likeness (QED) is 0.861. The van der Waals surface area contributed by atoms with Crippen molar-refractivity contribution >= 4 is 11.6 Å². The van der Waals surface area contributed by atoms with Crippen LogP contribution in [0.2, 0.25) is 0 Å². The van der Waals surface area contributed by atoms with E-state index in [4.69, 9.17) is 9.47 Å². The van der Waals surface area contributed by atoms with Gasteiger partial charge in [-0.05, 0) is 31.0 Å². The molecule has 102 valence electrons. The zero-order valence-electron chi connectivity index (χ0n) is 11.0. The highest BCUT2D eigenvalue weighted by Crippen LogP contribution is 2.28. The van der Waals surface area contributed by atoms with Crippen molar-refractivity contribution in [2.45, 2.75) is 25.4 Å². The number of hydrogen-bond donors (Lipinski definition) is 2. The number of fused-ring (bicyclic) bond motifs is 1. The number of rotatable bonds is 3. The zero-order valence-corrected chi connectivity index (χ0v) is 11.0. The van der Waals surface area contributed by atoms with Gasteiger partial charge in [0.1, 0.15) is 5.75 Å². The molecule has 3 rings (SSSR count). The Balaban J connectivity index is 1.68. The van der Waals surface area contributed by atoms with Crippen LogP contribution in [-0.4, -0.2) is 31.3 Å². The smallest absolute Gasteiger partial charge is 0.262 e. The van der Waals surface area contributed by atoms with Gasteiger partial charge < -0.3 is 20.1 Å². The molecule has 2 heterocycles. The number of nitrogens with one attached hydrogen (secondary N) is 2. The minimum atomic E-state index is -0.103. The molecule has 0 bridgehead atoms. The number of anilines is 1. The average molecular weight is 262 g/mol. The van der Waals surface area contributed by atoms with Gasteiger partial charge in [-0.15, -0.1) is 0 Å². The second-order valence-electron chi connectivity index (χ2n) is 5.38. The lowest BCUT2D eigenvalue weighted by Crippen LogP contribution is -2.42. The zero-order chi connectivity index (χ0) is 13.3. The summed E-state index contributed by atoms with van der Waals surface area (Å²) in [6.45, 7) is 4.59. The summed E-state index contributed by atoms with van der Waals surface area (Å²) in [6.07, 6.45) is 1.03. The Bertz CT molecular complexity index is 495. The van der Waals surface area contributed by atoms with E-state index in [1.807, 2.05) is 18.2 Å². The summed E-state index contributed by atoms with van der Waals surface area (Å²) < 4.78 is 10.7. The summed E-state index contributed by atoms with van der Waals surface area (Å²) in [5.74, 6) is 0.632. The summed E-state index contributed by atoms with van der Waals surface area (Å²) in [4.78, 5) is 11.3. The number of amides is 1. The van der Waals surface area contributed by atoms with Gasteiger partial charge in [-0.25, -0.2) is 0 Å². The van der Waals surface area contributed by atoms with Crippen LogP contribution >= 0.6 is 0 Å². The van der Waals surface area contributed by atoms with Gasteiger partial charge in [-0.1, -0.05) is 6.07 Å². The normalized spacial score (nSPS) is 25.6. The molecule has 1 aromatic rings. The van der Waals surface area contributed by atoms with Crippen molar-refractivity contribution in [1.82, 2.24) is 5.32 Å². The third-order valence-corrected chi connectivity index (χ3v) is 3.61. The number of hydrogen-bond acceptors (Lipinski definition) is 4. The average Bonchev–Trinajstić information content (AvgIpc) is 2.83. The second-order valence-corrected chi connectivity index (χ2v) is 5.38. The van der Waals surface area contributed by atoms with Crippen LogP contribution in [0.1, 0.15) is 18.9 Å². The lowest BCUT2D eigenvalue weighted by Gasteiger charge is -2.24. The van der Waals surface area contributed by atoms with Crippen LogP contribution in [-0.2, 0) is 16.1 Å². The predicted molar refractivity (Wildman–Crippen MR) is 71.2 cm³/mol. The van der Waals surface area contributed by atoms with Crippen LogP contribution in [0.25, 0.3) is 0 Å². The number of carbonyl (C=O) groups is 1. The molecule has 0 aromatic heterocycles. The minimum Gasteiger partial charge on any atom is -0.482 e. The summed E-state index contributed by atoms with van der Waals surface area (Å²) in [6, 6.07) is 5.88. The van der Waals surface area contributed by atoms with Gasteiger partial charge in [0, 0.05) is 18.7 Å². The molecule has 1 amide bonds. The first kappa shape index (κ1) is 12.4. The molecule has 2 aliphatic rings. The number of benzene rings is 1. The highest BCUT2D eigenvalue weighted by atomic mass is 16.5. The Labute approximate surface area is 112 Å². The molecule has 0 radical (unpaired) electrons. The Hall–Kier alpha value is -1.59. The maximum atomic E-state index is 11.3. The third-order valence-electron chi connectivity index (χ3n) is 3.61. The van der Waals surface area contributed by atoms with E-state index in [2.05, 4.69) is 17.6 Å². The molecule has 5 nitrogen and oxygen atoms in total. The van der Waals surface area contributed by atoms with Crippen molar-refractivity contribution in [3.8, 4) is 5.75 Å². The molecule has 0 aliphatic carbocycles. The van der Waals surface area contributed by atoms with Crippen molar-refractivity contribution in [3.05, 3.63) is 23.8 Å². The molecule has 1 atom stereocenters. The van der Waals surface area contributed by atoms with E-state index < -0.39 is 0 Å². The van der Waals surface area contributed by atoms with E-state index >= 15 is 0 Å². The Kier molecular flexibility index (Phi) is 3.16. The van der Waals surface area contributed by atoms with Gasteiger partial charge in [0.2, 0.25) is 0 Å². The SMILES string of the molecule is CC1(NCc2ccc3c(c2)NC(=O)CO3)CCOC1. The van der Waals surface area contributed by atoms with Gasteiger partial charge in [0.05, 0.1) is 12.3 Å². The monoisotopic (exact) mass is 262 g/mol. The fourth-order valence-electron chi connectivity index (χ4n) is 2.36. The first-order valence-corrected chi connectivity index (χ1v) is 6.53. The van der Waals surface area contributed by atoms with E-state index in [0.29, 0.717) is 0 Å². The van der Waals surface area contributed by atoms with Gasteiger partial charge in [0.15, 0.2) is 6.61 Å². The lowest BCUT2D eigenvalue weighted by molar-refractivity contribution is -0.118. The van der Waals surface area contributed by atoms with E-state index in [9.17, 15) is 4.79 Å². The first-order chi connectivity index (χ1) is 9.15. The molecule has 1 aromatic carbocycles. The largest absolute Gasteiger partial charge is 0.482 e. The number of ether oxygens (including phenoxy) is 2. The maximum Gasteiger partial charge on any atom is 0.262 e. The van der Waals surface area contributed by atoms with E-state index in [1.165, 1.54) is 0 Å². The molecule has 1 fully saturated rings. The van der Waals surface area contributed by atoms with Crippen LogP contribution in [0, 0.1) is 0 Å². The fourth-order valence-corrected chi connectivity index (χ4v) is 2.36. The second kappa shape index (κ2) is 4.83. The summed E-state index contributed by atoms with van der Waals surface area (Å²) in [5.41, 5.74) is 1.93. The fraction of sp³-hybridized carbons (Fsp3) is 0.500. The first-order valence-electron chi connectivity index (χ1n) is 6.53. The molecule has 0 spiro atoms. The molecule has 1 saturated heterocycles. The van der Waals surface area contributed by atoms with Crippen LogP contribution in [0.3, 0.4) is 0 Å². The molecule has 5 heteroatoms. The molecular weight excluding hydrogens is 244 g/mol. The third kappa shape index (κ3) is 2.72. The van der Waals surface area contributed by atoms with E-state index in [-0.39, 0.29) is 18.1 Å². The van der Waals surface area contributed by atoms with E-state index in [1.54, 1.807) is 0 Å². The lowest BCUT2D eigenvalue weighted by atomic mass is 10.0. The molecule has 2 N–H and O–H groups in total. The molecular formula is C14H18N2O3. The standard InChI is InChI=1S/C14H18N2O3/c1-14(4-5-18-9-14)15-7-10-2-3-12-11(6-10)16-13(17)8-19-12/h2-3,6,15H,4-5,7-9H2,1H3,(H,16,17). The summed E-state index contributed by atoms with van der Waals surface area (Å²) >= 11 is 0. The highest BCUT2D eigenvalue weighted by Gasteiger charge is 2.28. The van der Waals surface area contributed by atoms with E-state index in [0.717, 1.165) is 43.2 Å². The van der Waals surface area contributed by atoms with Crippen molar-refractivity contribution in [2.24, 2.45) is 0 Å². The minimum absolute atomic E-state index is 0.0512. The Morgan fingerprint density at radius 2 is 2.37 bits per heavy atom. The summed E-state index contributed by atoms with van der Waals surface area (Å²) in [5, 5.41) is 6.34. The van der Waals surface area contributed by atoms with Gasteiger partial charge in [0.25, 0.3) is 5.91 Å². The Morgan fingerprint density at radius 1 is 1.47 bits per heavy atom. The van der Waals surface area contributed by atoms with Gasteiger partial charge in [-0.2, -0.15) is 0 Å². The van der Waals surface area contributed by atoms with Gasteiger partial charge >= 0.3 is 0 Å². The predicted octanol–water partition coefficient (Wildman–Crippen LogP) is 1.29. The van der Waals surface area contributed by atoms with Crippen LogP contribution < -0.4 is 15.4 Å². The summed E-state index contributed by atoms with van der Waals surface area (Å²) in [7, 11) is 0. The topological polar surface area (TPSA) is 59.6 Å². The molecule has 0 saturated carbocycles. The van der Waals surface area contributed by atoms with Crippen molar-refractivity contribution in [3.63, 3.8) is 0 Å². The van der Waals surface area contributed by atoms with Crippen LogP contribution in [0.4, 0.5) is 5.69 Å². The highest BCUT2D eigenvalue weighted by molar-refractivity contribution is 5.95. The van der Waals surface area contributed by atoms with Gasteiger partial charge in [-0.3, -0.25) is 4.79 Å². The molecule has 2 aliphatic heterocycles.